The summed E-state index contributed by atoms with van der Waals surface area (Å²) in [6.07, 6.45) is -0.108. The maximum Gasteiger partial charge on any atom is 0.303 e. The van der Waals surface area contributed by atoms with Crippen molar-refractivity contribution in [1.29, 1.82) is 0 Å². The van der Waals surface area contributed by atoms with Gasteiger partial charge in [0, 0.05) is 21.9 Å². The maximum absolute atomic E-state index is 13.9. The molecule has 2 amide bonds. The zero-order valence-corrected chi connectivity index (χ0v) is 22.0. The van der Waals surface area contributed by atoms with Crippen LogP contribution in [-0.4, -0.2) is 39.4 Å². The lowest BCUT2D eigenvalue weighted by Crippen LogP contribution is -2.58. The van der Waals surface area contributed by atoms with Gasteiger partial charge in [0.05, 0.1) is 9.90 Å². The van der Waals surface area contributed by atoms with E-state index in [4.69, 9.17) is 28.9 Å². The molecular weight excluding hydrogens is 526 g/mol. The minimum absolute atomic E-state index is 0.0398. The topological polar surface area (TPSA) is 101 Å². The molecule has 0 saturated heterocycles. The van der Waals surface area contributed by atoms with Crippen LogP contribution in [0.1, 0.15) is 41.9 Å². The van der Waals surface area contributed by atoms with Gasteiger partial charge in [-0.15, -0.1) is 11.3 Å². The van der Waals surface area contributed by atoms with Gasteiger partial charge in [0.15, 0.2) is 0 Å². The van der Waals surface area contributed by atoms with Crippen molar-refractivity contribution in [3.8, 4) is 10.4 Å². The average Bonchev–Trinajstić information content (AvgIpc) is 3.29. The Balaban J connectivity index is 2.01. The third-order valence-electron chi connectivity index (χ3n) is 5.71. The minimum Gasteiger partial charge on any atom is -0.481 e. The van der Waals surface area contributed by atoms with E-state index in [0.717, 1.165) is 16.9 Å². The second-order valence-corrected chi connectivity index (χ2v) is 10.9. The molecule has 0 aliphatic rings. The number of primary amides is 1. The molecule has 2 aromatic carbocycles. The zero-order chi connectivity index (χ0) is 26.6. The standard InChI is InChI=1S/C26H25Cl2FN2O4S/c1-26(2,14-15-3-6-17(27)7-4-15)31(20(24(30)34)9-12-23(32)33)25(35)22-11-10-21(36-22)16-5-8-19(29)18(28)13-16/h3-8,10-11,13,20H,9,12,14H2,1-2H3,(H2,30,34)(H,32,33)/t20-/m0/s1. The van der Waals surface area contributed by atoms with Gasteiger partial charge >= 0.3 is 5.97 Å². The number of halogens is 3. The molecule has 0 bridgehead atoms. The first-order valence-corrected chi connectivity index (χ1v) is 12.6. The second kappa shape index (κ2) is 11.4. The minimum atomic E-state index is -1.15. The second-order valence-electron chi connectivity index (χ2n) is 8.93. The van der Waals surface area contributed by atoms with Gasteiger partial charge in [-0.2, -0.15) is 0 Å². The predicted molar refractivity (Wildman–Crippen MR) is 140 cm³/mol. The Morgan fingerprint density at radius 1 is 1.08 bits per heavy atom. The van der Waals surface area contributed by atoms with Crippen LogP contribution in [-0.2, 0) is 16.0 Å². The Kier molecular flexibility index (Phi) is 8.76. The Hall–Kier alpha value is -2.94. The number of carboxylic acids is 1. The first kappa shape index (κ1) is 27.6. The monoisotopic (exact) mass is 550 g/mol. The fraction of sp³-hybridized carbons (Fsp3) is 0.269. The SMILES string of the molecule is CC(C)(Cc1ccc(Cl)cc1)N(C(=O)c1ccc(-c2ccc(F)c(Cl)c2)s1)[C@@H](CCC(=O)O)C(N)=O. The van der Waals surface area contributed by atoms with Gasteiger partial charge in [-0.25, -0.2) is 4.39 Å². The fourth-order valence-electron chi connectivity index (χ4n) is 4.06. The van der Waals surface area contributed by atoms with Crippen LogP contribution in [0.4, 0.5) is 4.39 Å². The third kappa shape index (κ3) is 6.63. The molecule has 3 rings (SSSR count). The number of rotatable bonds is 10. The van der Waals surface area contributed by atoms with Crippen molar-refractivity contribution >= 4 is 52.3 Å². The van der Waals surface area contributed by atoms with E-state index in [1.165, 1.54) is 17.0 Å². The lowest BCUT2D eigenvalue weighted by molar-refractivity contribution is -0.137. The molecule has 0 spiro atoms. The van der Waals surface area contributed by atoms with E-state index in [1.54, 1.807) is 44.2 Å². The number of aliphatic carboxylic acids is 1. The van der Waals surface area contributed by atoms with Crippen LogP contribution in [0.2, 0.25) is 10.0 Å². The first-order valence-electron chi connectivity index (χ1n) is 11.0. The molecule has 0 fully saturated rings. The predicted octanol–water partition coefficient (Wildman–Crippen LogP) is 6.04. The van der Waals surface area contributed by atoms with Crippen molar-refractivity contribution in [2.75, 3.05) is 0 Å². The summed E-state index contributed by atoms with van der Waals surface area (Å²) in [6, 6.07) is 13.6. The van der Waals surface area contributed by atoms with Crippen molar-refractivity contribution in [2.24, 2.45) is 5.73 Å². The van der Waals surface area contributed by atoms with E-state index >= 15 is 0 Å². The molecule has 6 nitrogen and oxygen atoms in total. The molecule has 0 unspecified atom stereocenters. The van der Waals surface area contributed by atoms with Gasteiger partial charge < -0.3 is 15.7 Å². The van der Waals surface area contributed by atoms with Crippen molar-refractivity contribution in [2.45, 2.75) is 44.7 Å². The van der Waals surface area contributed by atoms with Gasteiger partial charge in [0.2, 0.25) is 5.91 Å². The number of carboxylic acid groups (broad SMARTS) is 1. The van der Waals surface area contributed by atoms with Crippen molar-refractivity contribution in [3.63, 3.8) is 0 Å². The highest BCUT2D eigenvalue weighted by molar-refractivity contribution is 7.17. The quantitative estimate of drug-likeness (QED) is 0.321. The number of hydrogen-bond donors (Lipinski definition) is 2. The molecule has 1 heterocycles. The van der Waals surface area contributed by atoms with E-state index in [1.807, 2.05) is 12.1 Å². The lowest BCUT2D eigenvalue weighted by atomic mass is 9.90. The normalized spacial score (nSPS) is 12.2. The van der Waals surface area contributed by atoms with E-state index in [9.17, 15) is 23.9 Å². The molecule has 0 aliphatic carbocycles. The number of amides is 2. The van der Waals surface area contributed by atoms with E-state index < -0.39 is 35.2 Å². The van der Waals surface area contributed by atoms with Gasteiger partial charge in [-0.05, 0) is 74.2 Å². The molecule has 1 aromatic heterocycles. The number of nitrogens with two attached hydrogens (primary N) is 1. The zero-order valence-electron chi connectivity index (χ0n) is 19.6. The van der Waals surface area contributed by atoms with Crippen LogP contribution < -0.4 is 5.73 Å². The average molecular weight is 551 g/mol. The fourth-order valence-corrected chi connectivity index (χ4v) is 5.31. The highest BCUT2D eigenvalue weighted by atomic mass is 35.5. The molecule has 10 heteroatoms. The Morgan fingerprint density at radius 3 is 2.33 bits per heavy atom. The highest BCUT2D eigenvalue weighted by Gasteiger charge is 2.40. The van der Waals surface area contributed by atoms with E-state index in [-0.39, 0.29) is 17.9 Å². The highest BCUT2D eigenvalue weighted by Crippen LogP contribution is 2.34. The largest absolute Gasteiger partial charge is 0.481 e. The van der Waals surface area contributed by atoms with E-state index in [2.05, 4.69) is 0 Å². The summed E-state index contributed by atoms with van der Waals surface area (Å²) in [5, 5.41) is 9.74. The molecule has 190 valence electrons. The van der Waals surface area contributed by atoms with Crippen molar-refractivity contribution < 1.29 is 23.9 Å². The summed E-state index contributed by atoms with van der Waals surface area (Å²) in [6.45, 7) is 3.59. The summed E-state index contributed by atoms with van der Waals surface area (Å²) < 4.78 is 13.6. The number of carbonyl (C=O) groups excluding carboxylic acids is 2. The summed E-state index contributed by atoms with van der Waals surface area (Å²) in [7, 11) is 0. The Labute approximate surface area is 222 Å². The number of thiophene rings is 1. The summed E-state index contributed by atoms with van der Waals surface area (Å²) in [5.41, 5.74) is 6.27. The van der Waals surface area contributed by atoms with Crippen molar-refractivity contribution in [1.82, 2.24) is 4.90 Å². The Bertz CT molecular complexity index is 1280. The summed E-state index contributed by atoms with van der Waals surface area (Å²) in [4.78, 5) is 40.0. The van der Waals surface area contributed by atoms with Gasteiger partial charge in [0.25, 0.3) is 5.91 Å². The molecule has 0 saturated carbocycles. The van der Waals surface area contributed by atoms with Gasteiger partial charge in [-0.1, -0.05) is 41.4 Å². The molecule has 36 heavy (non-hydrogen) atoms. The van der Waals surface area contributed by atoms with Crippen LogP contribution in [0.25, 0.3) is 10.4 Å². The number of nitrogens with zero attached hydrogens (tertiary/aromatic N) is 1. The van der Waals surface area contributed by atoms with Crippen LogP contribution in [0.15, 0.2) is 54.6 Å². The lowest BCUT2D eigenvalue weighted by Gasteiger charge is -2.42. The van der Waals surface area contributed by atoms with Gasteiger partial charge in [-0.3, -0.25) is 14.4 Å². The molecule has 0 radical (unpaired) electrons. The summed E-state index contributed by atoms with van der Waals surface area (Å²) in [5.74, 6) is -2.91. The number of hydrogen-bond acceptors (Lipinski definition) is 4. The maximum atomic E-state index is 13.9. The molecular formula is C26H25Cl2FN2O4S. The first-order chi connectivity index (χ1) is 16.9. The smallest absolute Gasteiger partial charge is 0.303 e. The number of benzene rings is 2. The van der Waals surface area contributed by atoms with Crippen LogP contribution >= 0.6 is 34.5 Å². The Morgan fingerprint density at radius 2 is 1.75 bits per heavy atom. The molecule has 3 N–H and O–H groups in total. The summed E-state index contributed by atoms with van der Waals surface area (Å²) >= 11 is 13.1. The van der Waals surface area contributed by atoms with Crippen LogP contribution in [0, 0.1) is 5.82 Å². The molecule has 3 aromatic rings. The van der Waals surface area contributed by atoms with Gasteiger partial charge in [0.1, 0.15) is 11.9 Å². The molecule has 1 atom stereocenters. The van der Waals surface area contributed by atoms with Crippen molar-refractivity contribution in [3.05, 3.63) is 80.9 Å². The third-order valence-corrected chi connectivity index (χ3v) is 7.38. The van der Waals surface area contributed by atoms with Crippen LogP contribution in [0.3, 0.4) is 0 Å². The van der Waals surface area contributed by atoms with Crippen LogP contribution in [0.5, 0.6) is 0 Å². The van der Waals surface area contributed by atoms with E-state index in [0.29, 0.717) is 26.8 Å². The number of carbonyl (C=O) groups is 3. The molecule has 0 aliphatic heterocycles.